The molecule has 0 aromatic heterocycles. The highest BCUT2D eigenvalue weighted by Crippen LogP contribution is 2.28. The fourth-order valence-corrected chi connectivity index (χ4v) is 2.82. The molecule has 1 aliphatic heterocycles. The zero-order valence-corrected chi connectivity index (χ0v) is 14.1. The van der Waals surface area contributed by atoms with Gasteiger partial charge in [-0.2, -0.15) is 0 Å². The minimum Gasteiger partial charge on any atom is -0.489 e. The molecule has 0 saturated heterocycles. The molecule has 2 N–H and O–H groups in total. The van der Waals surface area contributed by atoms with E-state index in [2.05, 4.69) is 4.85 Å². The molecule has 2 aromatic carbocycles. The summed E-state index contributed by atoms with van der Waals surface area (Å²) in [6, 6.07) is 12.2. The monoisotopic (exact) mass is 351 g/mol. The third-order valence-electron chi connectivity index (χ3n) is 4.29. The molecule has 0 aliphatic carbocycles. The van der Waals surface area contributed by atoms with Crippen LogP contribution in [0.2, 0.25) is 0 Å². The van der Waals surface area contributed by atoms with E-state index < -0.39 is 0 Å². The Labute approximate surface area is 151 Å². The Morgan fingerprint density at radius 3 is 2.73 bits per heavy atom. The van der Waals surface area contributed by atoms with E-state index in [-0.39, 0.29) is 19.1 Å². The molecule has 6 heteroatoms. The molecule has 2 aromatic rings. The number of hydrogen-bond acceptors (Lipinski definition) is 3. The maximum Gasteiger partial charge on any atom is 0.258 e. The Hall–Kier alpha value is -3.17. The Morgan fingerprint density at radius 1 is 1.31 bits per heavy atom. The lowest BCUT2D eigenvalue weighted by Crippen LogP contribution is -2.37. The van der Waals surface area contributed by atoms with Crippen LogP contribution < -0.4 is 15.4 Å². The Morgan fingerprint density at radius 2 is 2.08 bits per heavy atom. The maximum atomic E-state index is 12.8. The number of carbonyl (C=O) groups is 1. The second-order valence-electron chi connectivity index (χ2n) is 5.91. The first-order chi connectivity index (χ1) is 12.7. The predicted molar refractivity (Wildman–Crippen MR) is 98.3 cm³/mol. The van der Waals surface area contributed by atoms with Crippen LogP contribution in [0.25, 0.3) is 4.85 Å². The number of nitrogens with zero attached hydrogens (tertiary/aromatic N) is 2. The molecule has 132 valence electrons. The summed E-state index contributed by atoms with van der Waals surface area (Å²) in [5, 5.41) is 0. The maximum absolute atomic E-state index is 12.8. The number of anilines is 1. The van der Waals surface area contributed by atoms with Crippen LogP contribution in [0.15, 0.2) is 54.4 Å². The molecule has 1 amide bonds. The largest absolute Gasteiger partial charge is 0.489 e. The first-order valence-corrected chi connectivity index (χ1v) is 8.19. The molecule has 0 bridgehead atoms. The van der Waals surface area contributed by atoms with Crippen LogP contribution in [0, 0.1) is 6.57 Å². The SMILES string of the molecule is [C-]#[N+]c1ccc(N2CCc3cc(OC/C(=C/F)CN)ccc3C2=O)cc1. The Kier molecular flexibility index (Phi) is 5.30. The lowest BCUT2D eigenvalue weighted by atomic mass is 9.98. The van der Waals surface area contributed by atoms with E-state index in [0.29, 0.717) is 41.9 Å². The third kappa shape index (κ3) is 3.58. The van der Waals surface area contributed by atoms with Crippen LogP contribution >= 0.6 is 0 Å². The normalized spacial score (nSPS) is 14.0. The van der Waals surface area contributed by atoms with Crippen LogP contribution in [-0.2, 0) is 6.42 Å². The molecule has 0 atom stereocenters. The first-order valence-electron chi connectivity index (χ1n) is 8.19. The molecule has 1 aliphatic rings. The summed E-state index contributed by atoms with van der Waals surface area (Å²) in [5.41, 5.74) is 8.62. The minimum atomic E-state index is -0.0836. The van der Waals surface area contributed by atoms with Crippen molar-refractivity contribution in [2.45, 2.75) is 6.42 Å². The van der Waals surface area contributed by atoms with E-state index in [4.69, 9.17) is 17.0 Å². The summed E-state index contributed by atoms with van der Waals surface area (Å²) in [4.78, 5) is 17.9. The van der Waals surface area contributed by atoms with Gasteiger partial charge in [-0.25, -0.2) is 9.24 Å². The van der Waals surface area contributed by atoms with Crippen LogP contribution in [0.3, 0.4) is 0 Å². The number of carbonyl (C=O) groups excluding carboxylic acids is 1. The van der Waals surface area contributed by atoms with Gasteiger partial charge in [0.05, 0.1) is 12.9 Å². The summed E-state index contributed by atoms with van der Waals surface area (Å²) in [5.74, 6) is 0.499. The minimum absolute atomic E-state index is 0.0826. The summed E-state index contributed by atoms with van der Waals surface area (Å²) in [7, 11) is 0. The zero-order valence-electron chi connectivity index (χ0n) is 14.1. The molecule has 0 spiro atoms. The van der Waals surface area contributed by atoms with Gasteiger partial charge in [0, 0.05) is 29.9 Å². The van der Waals surface area contributed by atoms with Gasteiger partial charge in [-0.15, -0.1) is 0 Å². The van der Waals surface area contributed by atoms with Crippen molar-refractivity contribution < 1.29 is 13.9 Å². The lowest BCUT2D eigenvalue weighted by Gasteiger charge is -2.29. The highest BCUT2D eigenvalue weighted by Gasteiger charge is 2.25. The van der Waals surface area contributed by atoms with Crippen molar-refractivity contribution in [3.63, 3.8) is 0 Å². The molecule has 0 saturated carbocycles. The van der Waals surface area contributed by atoms with Gasteiger partial charge < -0.3 is 15.4 Å². The molecule has 3 rings (SSSR count). The van der Waals surface area contributed by atoms with Gasteiger partial charge in [0.25, 0.3) is 5.91 Å². The van der Waals surface area contributed by atoms with Gasteiger partial charge in [0.1, 0.15) is 12.4 Å². The number of nitrogens with two attached hydrogens (primary N) is 1. The van der Waals surface area contributed by atoms with Gasteiger partial charge in [-0.3, -0.25) is 4.79 Å². The van der Waals surface area contributed by atoms with Crippen molar-refractivity contribution in [1.29, 1.82) is 0 Å². The average molecular weight is 351 g/mol. The van der Waals surface area contributed by atoms with E-state index in [1.54, 1.807) is 41.3 Å². The molecule has 1 heterocycles. The fourth-order valence-electron chi connectivity index (χ4n) is 2.82. The molecular formula is C20H18FN3O2. The number of rotatable bonds is 5. The molecule has 5 nitrogen and oxygen atoms in total. The van der Waals surface area contributed by atoms with Crippen molar-refractivity contribution in [1.82, 2.24) is 0 Å². The van der Waals surface area contributed by atoms with Crippen LogP contribution in [0.1, 0.15) is 15.9 Å². The van der Waals surface area contributed by atoms with Crippen molar-refractivity contribution in [3.8, 4) is 5.75 Å². The van der Waals surface area contributed by atoms with Crippen molar-refractivity contribution in [2.75, 3.05) is 24.6 Å². The van der Waals surface area contributed by atoms with E-state index in [0.717, 1.165) is 11.3 Å². The first kappa shape index (κ1) is 17.6. The summed E-state index contributed by atoms with van der Waals surface area (Å²) in [6.45, 7) is 7.73. The molecular weight excluding hydrogens is 333 g/mol. The van der Waals surface area contributed by atoms with Crippen LogP contribution in [0.5, 0.6) is 5.75 Å². The van der Waals surface area contributed by atoms with Crippen molar-refractivity contribution in [3.05, 3.63) is 76.9 Å². The third-order valence-corrected chi connectivity index (χ3v) is 4.29. The Balaban J connectivity index is 1.77. The number of halogens is 1. The fraction of sp³-hybridized carbons (Fsp3) is 0.200. The van der Waals surface area contributed by atoms with Gasteiger partial charge in [0.15, 0.2) is 5.69 Å². The zero-order chi connectivity index (χ0) is 18.5. The van der Waals surface area contributed by atoms with E-state index in [1.807, 2.05) is 6.07 Å². The number of benzene rings is 2. The molecule has 0 fully saturated rings. The van der Waals surface area contributed by atoms with Crippen molar-refractivity contribution >= 4 is 17.3 Å². The number of ether oxygens (including phenoxy) is 1. The second-order valence-corrected chi connectivity index (χ2v) is 5.91. The van der Waals surface area contributed by atoms with E-state index in [9.17, 15) is 9.18 Å². The van der Waals surface area contributed by atoms with Gasteiger partial charge in [0.2, 0.25) is 0 Å². The number of hydrogen-bond donors (Lipinski definition) is 1. The van der Waals surface area contributed by atoms with Gasteiger partial charge >= 0.3 is 0 Å². The Bertz CT molecular complexity index is 885. The average Bonchev–Trinajstić information content (AvgIpc) is 2.69. The number of amides is 1. The highest BCUT2D eigenvalue weighted by atomic mass is 19.1. The smallest absolute Gasteiger partial charge is 0.258 e. The standard InChI is InChI=1S/C20H18FN3O2/c1-23-16-2-4-17(5-3-16)24-9-8-15-10-18(6-7-19(15)20(24)25)26-13-14(11-21)12-22/h2-7,10-11H,8-9,12-13,22H2/b14-11+. The predicted octanol–water partition coefficient (Wildman–Crippen LogP) is 3.63. The van der Waals surface area contributed by atoms with Gasteiger partial charge in [-0.1, -0.05) is 12.1 Å². The summed E-state index contributed by atoms with van der Waals surface area (Å²) in [6.07, 6.45) is 1.14. The number of fused-ring (bicyclic) bond motifs is 1. The molecule has 0 unspecified atom stereocenters. The van der Waals surface area contributed by atoms with E-state index >= 15 is 0 Å². The van der Waals surface area contributed by atoms with Crippen LogP contribution in [-0.4, -0.2) is 25.6 Å². The van der Waals surface area contributed by atoms with Crippen molar-refractivity contribution in [2.24, 2.45) is 5.73 Å². The molecule has 26 heavy (non-hydrogen) atoms. The van der Waals surface area contributed by atoms with E-state index in [1.165, 1.54) is 0 Å². The topological polar surface area (TPSA) is 59.9 Å². The lowest BCUT2D eigenvalue weighted by molar-refractivity contribution is 0.0980. The van der Waals surface area contributed by atoms with Crippen LogP contribution in [0.4, 0.5) is 15.8 Å². The quantitative estimate of drug-likeness (QED) is 0.837. The summed E-state index contributed by atoms with van der Waals surface area (Å²) < 4.78 is 18.1. The second kappa shape index (κ2) is 7.81. The molecule has 0 radical (unpaired) electrons. The summed E-state index contributed by atoms with van der Waals surface area (Å²) >= 11 is 0. The highest BCUT2D eigenvalue weighted by molar-refractivity contribution is 6.08. The van der Waals surface area contributed by atoms with Gasteiger partial charge in [-0.05, 0) is 42.3 Å².